The molecule has 0 bridgehead atoms. The van der Waals surface area contributed by atoms with Gasteiger partial charge in [-0.1, -0.05) is 29.8 Å². The SMILES string of the molecule is NC(=O)N(Cc1cccc(-c2cccnc2F)c1)c1ccc(Cl)c(C(F)(F)F)c1. The molecule has 0 aliphatic rings. The highest BCUT2D eigenvalue weighted by atomic mass is 35.5. The van der Waals surface area contributed by atoms with E-state index in [0.29, 0.717) is 11.1 Å². The number of nitrogens with two attached hydrogens (primary N) is 1. The number of carbonyl (C=O) groups is 1. The van der Waals surface area contributed by atoms with Gasteiger partial charge in [0, 0.05) is 17.4 Å². The molecule has 2 N–H and O–H groups in total. The Morgan fingerprint density at radius 1 is 1.10 bits per heavy atom. The van der Waals surface area contributed by atoms with Gasteiger partial charge in [-0.2, -0.15) is 17.6 Å². The third-order valence-corrected chi connectivity index (χ3v) is 4.50. The Labute approximate surface area is 168 Å². The molecular weight excluding hydrogens is 410 g/mol. The van der Waals surface area contributed by atoms with Crippen LogP contribution in [-0.2, 0) is 12.7 Å². The Hall–Kier alpha value is -3.13. The second-order valence-corrected chi connectivity index (χ2v) is 6.54. The highest BCUT2D eigenvalue weighted by Crippen LogP contribution is 2.37. The third kappa shape index (κ3) is 4.65. The third-order valence-electron chi connectivity index (χ3n) is 4.17. The zero-order chi connectivity index (χ0) is 21.2. The van der Waals surface area contributed by atoms with Gasteiger partial charge < -0.3 is 5.73 Å². The average molecular weight is 424 g/mol. The molecule has 0 atom stereocenters. The first-order chi connectivity index (χ1) is 13.7. The van der Waals surface area contributed by atoms with E-state index in [-0.39, 0.29) is 17.8 Å². The van der Waals surface area contributed by atoms with Gasteiger partial charge in [-0.3, -0.25) is 4.90 Å². The van der Waals surface area contributed by atoms with Crippen LogP contribution in [-0.4, -0.2) is 11.0 Å². The summed E-state index contributed by atoms with van der Waals surface area (Å²) in [6.07, 6.45) is -3.37. The van der Waals surface area contributed by atoms with Gasteiger partial charge in [0.2, 0.25) is 5.95 Å². The molecular formula is C20H14ClF4N3O. The number of alkyl halides is 3. The molecule has 0 saturated heterocycles. The van der Waals surface area contributed by atoms with Crippen LogP contribution in [0.3, 0.4) is 0 Å². The van der Waals surface area contributed by atoms with Crippen molar-refractivity contribution in [3.05, 3.63) is 82.9 Å². The zero-order valence-corrected chi connectivity index (χ0v) is 15.5. The predicted octanol–water partition coefficient (Wildman–Crippen LogP) is 5.65. The number of pyridine rings is 1. The number of anilines is 1. The van der Waals surface area contributed by atoms with Crippen LogP contribution in [0.4, 0.5) is 28.0 Å². The highest BCUT2D eigenvalue weighted by Gasteiger charge is 2.34. The van der Waals surface area contributed by atoms with Crippen molar-refractivity contribution in [2.45, 2.75) is 12.7 Å². The fraction of sp³-hybridized carbons (Fsp3) is 0.100. The number of halogens is 5. The zero-order valence-electron chi connectivity index (χ0n) is 14.8. The van der Waals surface area contributed by atoms with Crippen LogP contribution in [0.25, 0.3) is 11.1 Å². The molecule has 0 unspecified atom stereocenters. The molecule has 3 aromatic rings. The van der Waals surface area contributed by atoms with E-state index in [0.717, 1.165) is 17.0 Å². The van der Waals surface area contributed by atoms with Crippen molar-refractivity contribution < 1.29 is 22.4 Å². The van der Waals surface area contributed by atoms with Crippen LogP contribution >= 0.6 is 11.6 Å². The smallest absolute Gasteiger partial charge is 0.351 e. The predicted molar refractivity (Wildman–Crippen MR) is 102 cm³/mol. The van der Waals surface area contributed by atoms with Crippen LogP contribution in [0, 0.1) is 5.95 Å². The van der Waals surface area contributed by atoms with Crippen molar-refractivity contribution in [1.29, 1.82) is 0 Å². The molecule has 29 heavy (non-hydrogen) atoms. The summed E-state index contributed by atoms with van der Waals surface area (Å²) in [6, 6.07) is 11.8. The van der Waals surface area contributed by atoms with Crippen molar-refractivity contribution in [3.8, 4) is 11.1 Å². The topological polar surface area (TPSA) is 59.2 Å². The number of urea groups is 1. The Kier molecular flexibility index (Phi) is 5.74. The molecule has 1 heterocycles. The van der Waals surface area contributed by atoms with Crippen molar-refractivity contribution in [2.24, 2.45) is 5.73 Å². The molecule has 0 saturated carbocycles. The van der Waals surface area contributed by atoms with E-state index in [1.54, 1.807) is 36.4 Å². The Morgan fingerprint density at radius 3 is 2.52 bits per heavy atom. The monoisotopic (exact) mass is 423 g/mol. The maximum atomic E-state index is 13.9. The fourth-order valence-electron chi connectivity index (χ4n) is 2.82. The second kappa shape index (κ2) is 8.08. The number of rotatable bonds is 4. The number of benzene rings is 2. The number of nitrogens with zero attached hydrogens (tertiary/aromatic N) is 2. The summed E-state index contributed by atoms with van der Waals surface area (Å²) in [7, 11) is 0. The Morgan fingerprint density at radius 2 is 1.86 bits per heavy atom. The van der Waals surface area contributed by atoms with E-state index in [9.17, 15) is 22.4 Å². The van der Waals surface area contributed by atoms with E-state index in [2.05, 4.69) is 4.98 Å². The van der Waals surface area contributed by atoms with Crippen LogP contribution in [0.1, 0.15) is 11.1 Å². The van der Waals surface area contributed by atoms with Gasteiger partial charge in [-0.25, -0.2) is 9.78 Å². The minimum absolute atomic E-state index is 0.0628. The largest absolute Gasteiger partial charge is 0.417 e. The van der Waals surface area contributed by atoms with Crippen LogP contribution in [0.15, 0.2) is 60.8 Å². The van der Waals surface area contributed by atoms with E-state index >= 15 is 0 Å². The Bertz CT molecular complexity index is 1060. The van der Waals surface area contributed by atoms with E-state index in [1.807, 2.05) is 0 Å². The van der Waals surface area contributed by atoms with Crippen molar-refractivity contribution in [3.63, 3.8) is 0 Å². The highest BCUT2D eigenvalue weighted by molar-refractivity contribution is 6.31. The minimum atomic E-state index is -4.69. The van der Waals surface area contributed by atoms with Gasteiger partial charge in [0.15, 0.2) is 0 Å². The van der Waals surface area contributed by atoms with Crippen molar-refractivity contribution >= 4 is 23.3 Å². The van der Waals surface area contributed by atoms with Crippen LogP contribution in [0.5, 0.6) is 0 Å². The molecule has 3 rings (SSSR count). The summed E-state index contributed by atoms with van der Waals surface area (Å²) in [6.45, 7) is -0.121. The standard InChI is InChI=1S/C20H14ClF4N3O/c21-17-7-6-14(10-16(17)20(23,24)25)28(19(26)29)11-12-3-1-4-13(9-12)15-5-2-8-27-18(15)22/h1-10H,11H2,(H2,26,29). The molecule has 2 amide bonds. The van der Waals surface area contributed by atoms with E-state index in [4.69, 9.17) is 17.3 Å². The first kappa shape index (κ1) is 20.6. The molecule has 4 nitrogen and oxygen atoms in total. The first-order valence-electron chi connectivity index (χ1n) is 8.30. The van der Waals surface area contributed by atoms with Gasteiger partial charge in [0.25, 0.3) is 0 Å². The average Bonchev–Trinajstić information content (AvgIpc) is 2.66. The molecule has 0 aliphatic heterocycles. The fourth-order valence-corrected chi connectivity index (χ4v) is 3.04. The van der Waals surface area contributed by atoms with Crippen molar-refractivity contribution in [1.82, 2.24) is 4.98 Å². The molecule has 0 radical (unpaired) electrons. The summed E-state index contributed by atoms with van der Waals surface area (Å²) in [4.78, 5) is 16.5. The first-order valence-corrected chi connectivity index (χ1v) is 8.68. The number of amides is 2. The maximum Gasteiger partial charge on any atom is 0.417 e. The summed E-state index contributed by atoms with van der Waals surface area (Å²) < 4.78 is 53.4. The lowest BCUT2D eigenvalue weighted by Gasteiger charge is -2.22. The lowest BCUT2D eigenvalue weighted by Crippen LogP contribution is -2.35. The molecule has 2 aromatic carbocycles. The number of primary amides is 1. The number of aromatic nitrogens is 1. The molecule has 150 valence electrons. The van der Waals surface area contributed by atoms with Gasteiger partial charge >= 0.3 is 12.2 Å². The summed E-state index contributed by atoms with van der Waals surface area (Å²) in [5.41, 5.74) is 5.55. The molecule has 0 aliphatic carbocycles. The number of hydrogen-bond donors (Lipinski definition) is 1. The second-order valence-electron chi connectivity index (χ2n) is 6.13. The minimum Gasteiger partial charge on any atom is -0.351 e. The molecule has 1 aromatic heterocycles. The summed E-state index contributed by atoms with van der Waals surface area (Å²) >= 11 is 5.63. The number of carbonyl (C=O) groups excluding carboxylic acids is 1. The summed E-state index contributed by atoms with van der Waals surface area (Å²) in [5.74, 6) is -0.663. The quantitative estimate of drug-likeness (QED) is 0.435. The summed E-state index contributed by atoms with van der Waals surface area (Å²) in [5, 5.41) is -0.486. The normalized spacial score (nSPS) is 11.3. The van der Waals surface area contributed by atoms with Crippen LogP contribution < -0.4 is 10.6 Å². The van der Waals surface area contributed by atoms with Gasteiger partial charge in [0.05, 0.1) is 17.1 Å². The molecule has 0 spiro atoms. The lowest BCUT2D eigenvalue weighted by molar-refractivity contribution is -0.137. The molecule has 0 fully saturated rings. The number of hydrogen-bond acceptors (Lipinski definition) is 2. The molecule has 9 heteroatoms. The lowest BCUT2D eigenvalue weighted by atomic mass is 10.0. The van der Waals surface area contributed by atoms with E-state index < -0.39 is 28.7 Å². The maximum absolute atomic E-state index is 13.9. The Balaban J connectivity index is 1.96. The van der Waals surface area contributed by atoms with Gasteiger partial charge in [-0.05, 0) is 47.5 Å². The van der Waals surface area contributed by atoms with Gasteiger partial charge in [-0.15, -0.1) is 0 Å². The van der Waals surface area contributed by atoms with Crippen LogP contribution in [0.2, 0.25) is 5.02 Å². The van der Waals surface area contributed by atoms with Gasteiger partial charge in [0.1, 0.15) is 0 Å². The van der Waals surface area contributed by atoms with E-state index in [1.165, 1.54) is 12.3 Å². The van der Waals surface area contributed by atoms with Crippen molar-refractivity contribution in [2.75, 3.05) is 4.90 Å².